The van der Waals surface area contributed by atoms with Crippen molar-refractivity contribution in [2.75, 3.05) is 33.4 Å². The monoisotopic (exact) mass is 331 g/mol. The molecular weight excluding hydrogens is 314 g/mol. The third-order valence-corrected chi connectivity index (χ3v) is 4.79. The van der Waals surface area contributed by atoms with Crippen molar-refractivity contribution in [2.24, 2.45) is 0 Å². The molecule has 7 nitrogen and oxygen atoms in total. The van der Waals surface area contributed by atoms with Crippen molar-refractivity contribution in [1.29, 1.82) is 0 Å². The molecule has 1 aromatic carbocycles. The molecule has 23 heavy (non-hydrogen) atoms. The number of benzene rings is 1. The maximum Gasteiger partial charge on any atom is 0.235 e. The maximum atomic E-state index is 5.38. The Morgan fingerprint density at radius 3 is 2.96 bits per heavy atom. The fraction of sp³-hybridized carbons (Fsp3) is 0.400. The average molecular weight is 331 g/mol. The van der Waals surface area contributed by atoms with E-state index in [0.29, 0.717) is 0 Å². The van der Waals surface area contributed by atoms with E-state index < -0.39 is 0 Å². The summed E-state index contributed by atoms with van der Waals surface area (Å²) in [6.45, 7) is 4.12. The summed E-state index contributed by atoms with van der Waals surface area (Å²) in [5, 5.41) is 14.1. The molecule has 0 N–H and O–H groups in total. The zero-order valence-corrected chi connectivity index (χ0v) is 13.6. The zero-order valence-electron chi connectivity index (χ0n) is 12.8. The van der Waals surface area contributed by atoms with Gasteiger partial charge in [-0.05, 0) is 12.1 Å². The minimum Gasteiger partial charge on any atom is -0.497 e. The first-order valence-electron chi connectivity index (χ1n) is 7.49. The molecule has 0 amide bonds. The summed E-state index contributed by atoms with van der Waals surface area (Å²) < 4.78 is 12.5. The van der Waals surface area contributed by atoms with Crippen LogP contribution in [0.2, 0.25) is 0 Å². The first kappa shape index (κ1) is 14.6. The smallest absolute Gasteiger partial charge is 0.235 e. The van der Waals surface area contributed by atoms with Crippen molar-refractivity contribution in [3.63, 3.8) is 0 Å². The van der Waals surface area contributed by atoms with Crippen LogP contribution in [-0.4, -0.2) is 58.1 Å². The van der Waals surface area contributed by atoms with Gasteiger partial charge in [0.1, 0.15) is 10.8 Å². The van der Waals surface area contributed by atoms with Gasteiger partial charge in [0.15, 0.2) is 5.82 Å². The second kappa shape index (κ2) is 6.23. The lowest BCUT2D eigenvalue weighted by molar-refractivity contribution is 0.0328. The van der Waals surface area contributed by atoms with Gasteiger partial charge in [0.25, 0.3) is 0 Å². The standard InChI is InChI=1S/C15H17N5O2S/c1-21-12-4-2-3-11(9-12)14-18-20-13(16-17-15(20)23-14)10-19-5-7-22-8-6-19/h2-4,9H,5-8,10H2,1H3. The molecule has 1 saturated heterocycles. The second-order valence-corrected chi connectivity index (χ2v) is 6.29. The number of hydrogen-bond donors (Lipinski definition) is 0. The summed E-state index contributed by atoms with van der Waals surface area (Å²) in [5.41, 5.74) is 1.03. The number of fused-ring (bicyclic) bond motifs is 1. The summed E-state index contributed by atoms with van der Waals surface area (Å²) in [4.78, 5) is 3.12. The molecule has 0 bridgehead atoms. The molecule has 1 aliphatic heterocycles. The number of ether oxygens (including phenoxy) is 2. The Morgan fingerprint density at radius 2 is 2.13 bits per heavy atom. The van der Waals surface area contributed by atoms with Crippen molar-refractivity contribution >= 4 is 16.3 Å². The Bertz CT molecular complexity index is 809. The second-order valence-electron chi connectivity index (χ2n) is 5.34. The number of hydrogen-bond acceptors (Lipinski definition) is 7. The summed E-state index contributed by atoms with van der Waals surface area (Å²) >= 11 is 1.53. The number of nitrogens with zero attached hydrogens (tertiary/aromatic N) is 5. The van der Waals surface area contributed by atoms with Gasteiger partial charge in [-0.2, -0.15) is 9.61 Å². The van der Waals surface area contributed by atoms with Crippen molar-refractivity contribution in [1.82, 2.24) is 24.7 Å². The lowest BCUT2D eigenvalue weighted by Crippen LogP contribution is -2.36. The third kappa shape index (κ3) is 2.92. The third-order valence-electron chi connectivity index (χ3n) is 3.84. The summed E-state index contributed by atoms with van der Waals surface area (Å²) in [7, 11) is 1.66. The van der Waals surface area contributed by atoms with E-state index in [9.17, 15) is 0 Å². The lowest BCUT2D eigenvalue weighted by Gasteiger charge is -2.25. The van der Waals surface area contributed by atoms with Crippen LogP contribution in [-0.2, 0) is 11.3 Å². The number of morpholine rings is 1. The van der Waals surface area contributed by atoms with E-state index in [1.807, 2.05) is 28.8 Å². The van der Waals surface area contributed by atoms with E-state index in [-0.39, 0.29) is 0 Å². The van der Waals surface area contributed by atoms with Gasteiger partial charge < -0.3 is 9.47 Å². The van der Waals surface area contributed by atoms with Crippen molar-refractivity contribution < 1.29 is 9.47 Å². The summed E-state index contributed by atoms with van der Waals surface area (Å²) in [6, 6.07) is 7.89. The first-order chi connectivity index (χ1) is 11.3. The van der Waals surface area contributed by atoms with Gasteiger partial charge in [-0.1, -0.05) is 23.5 Å². The molecule has 0 unspecified atom stereocenters. The summed E-state index contributed by atoms with van der Waals surface area (Å²) in [6.07, 6.45) is 0. The first-order valence-corrected chi connectivity index (χ1v) is 8.31. The fourth-order valence-corrected chi connectivity index (χ4v) is 3.44. The number of aromatic nitrogens is 4. The normalized spacial score (nSPS) is 16.0. The molecule has 0 atom stereocenters. The van der Waals surface area contributed by atoms with Crippen LogP contribution >= 0.6 is 11.3 Å². The molecule has 1 fully saturated rings. The molecule has 0 radical (unpaired) electrons. The molecule has 1 aliphatic rings. The van der Waals surface area contributed by atoms with Crippen LogP contribution in [0.4, 0.5) is 0 Å². The van der Waals surface area contributed by atoms with E-state index in [4.69, 9.17) is 9.47 Å². The average Bonchev–Trinajstić information content (AvgIpc) is 3.18. The fourth-order valence-electron chi connectivity index (χ4n) is 2.59. The Hall–Kier alpha value is -2.03. The SMILES string of the molecule is COc1cccc(-c2nn3c(CN4CCOCC4)nnc3s2)c1. The number of methoxy groups -OCH3 is 1. The van der Waals surface area contributed by atoms with Gasteiger partial charge >= 0.3 is 0 Å². The van der Waals surface area contributed by atoms with Crippen LogP contribution in [0.15, 0.2) is 24.3 Å². The highest BCUT2D eigenvalue weighted by atomic mass is 32.1. The Morgan fingerprint density at radius 1 is 1.26 bits per heavy atom. The van der Waals surface area contributed by atoms with Crippen LogP contribution < -0.4 is 4.74 Å². The van der Waals surface area contributed by atoms with Gasteiger partial charge in [-0.3, -0.25) is 4.90 Å². The Balaban J connectivity index is 1.63. The van der Waals surface area contributed by atoms with Crippen molar-refractivity contribution in [3.05, 3.63) is 30.1 Å². The van der Waals surface area contributed by atoms with Crippen LogP contribution in [0.3, 0.4) is 0 Å². The molecule has 0 saturated carbocycles. The highest BCUT2D eigenvalue weighted by molar-refractivity contribution is 7.19. The van der Waals surface area contributed by atoms with E-state index in [1.165, 1.54) is 11.3 Å². The van der Waals surface area contributed by atoms with Crippen LogP contribution in [0.25, 0.3) is 15.5 Å². The van der Waals surface area contributed by atoms with E-state index in [0.717, 1.165) is 60.0 Å². The molecule has 2 aromatic heterocycles. The van der Waals surface area contributed by atoms with Gasteiger partial charge in [-0.25, -0.2) is 0 Å². The molecule has 3 aromatic rings. The van der Waals surface area contributed by atoms with Crippen LogP contribution in [0, 0.1) is 0 Å². The molecule has 0 spiro atoms. The predicted octanol–water partition coefficient (Wildman–Crippen LogP) is 1.69. The minimum atomic E-state index is 0.742. The topological polar surface area (TPSA) is 64.8 Å². The largest absolute Gasteiger partial charge is 0.497 e. The molecule has 8 heteroatoms. The summed E-state index contributed by atoms with van der Waals surface area (Å²) in [5.74, 6) is 1.69. The van der Waals surface area contributed by atoms with E-state index in [2.05, 4.69) is 20.2 Å². The van der Waals surface area contributed by atoms with E-state index >= 15 is 0 Å². The van der Waals surface area contributed by atoms with Crippen molar-refractivity contribution in [3.8, 4) is 16.3 Å². The lowest BCUT2D eigenvalue weighted by atomic mass is 10.2. The van der Waals surface area contributed by atoms with E-state index in [1.54, 1.807) is 7.11 Å². The molecular formula is C15H17N5O2S. The highest BCUT2D eigenvalue weighted by Crippen LogP contribution is 2.28. The van der Waals surface area contributed by atoms with Gasteiger partial charge in [-0.15, -0.1) is 10.2 Å². The van der Waals surface area contributed by atoms with Crippen molar-refractivity contribution in [2.45, 2.75) is 6.54 Å². The molecule has 120 valence electrons. The van der Waals surface area contributed by atoms with Gasteiger partial charge in [0, 0.05) is 18.7 Å². The Labute approximate surface area is 137 Å². The van der Waals surface area contributed by atoms with Gasteiger partial charge in [0.05, 0.1) is 26.9 Å². The quantitative estimate of drug-likeness (QED) is 0.725. The maximum absolute atomic E-state index is 5.38. The molecule has 0 aliphatic carbocycles. The Kier molecular flexibility index (Phi) is 3.94. The number of rotatable bonds is 4. The van der Waals surface area contributed by atoms with Crippen LogP contribution in [0.5, 0.6) is 5.75 Å². The van der Waals surface area contributed by atoms with Gasteiger partial charge in [0.2, 0.25) is 4.96 Å². The molecule has 3 heterocycles. The predicted molar refractivity (Wildman–Crippen MR) is 86.7 cm³/mol. The minimum absolute atomic E-state index is 0.742. The highest BCUT2D eigenvalue weighted by Gasteiger charge is 2.17. The molecule has 4 rings (SSSR count). The van der Waals surface area contributed by atoms with Crippen LogP contribution in [0.1, 0.15) is 5.82 Å². The zero-order chi connectivity index (χ0) is 15.6.